The van der Waals surface area contributed by atoms with Crippen LogP contribution in [0.3, 0.4) is 0 Å². The van der Waals surface area contributed by atoms with Gasteiger partial charge in [0.05, 0.1) is 24.7 Å². The molecule has 1 saturated heterocycles. The van der Waals surface area contributed by atoms with E-state index in [4.69, 9.17) is 4.42 Å². The van der Waals surface area contributed by atoms with E-state index < -0.39 is 6.04 Å². The van der Waals surface area contributed by atoms with Gasteiger partial charge in [0.1, 0.15) is 11.5 Å². The number of hydrogen-bond acceptors (Lipinski definition) is 6. The van der Waals surface area contributed by atoms with Crippen LogP contribution in [0.5, 0.6) is 0 Å². The largest absolute Gasteiger partial charge is 0.465 e. The van der Waals surface area contributed by atoms with Gasteiger partial charge in [0.25, 0.3) is 0 Å². The maximum Gasteiger partial charge on any atom is 0.237 e. The summed E-state index contributed by atoms with van der Waals surface area (Å²) in [5.41, 5.74) is 0.942. The van der Waals surface area contributed by atoms with Gasteiger partial charge in [0.15, 0.2) is 4.96 Å². The number of aromatic nitrogens is 2. The lowest BCUT2D eigenvalue weighted by atomic mass is 10.1. The van der Waals surface area contributed by atoms with Crippen LogP contribution in [0.15, 0.2) is 34.3 Å². The summed E-state index contributed by atoms with van der Waals surface area (Å²) in [4.78, 5) is 32.2. The Balaban J connectivity index is 1.30. The molecule has 0 bridgehead atoms. The lowest BCUT2D eigenvalue weighted by Crippen LogP contribution is -2.56. The molecule has 1 unspecified atom stereocenters. The van der Waals surface area contributed by atoms with E-state index in [1.807, 2.05) is 46.1 Å². The Morgan fingerprint density at radius 3 is 3.14 bits per heavy atom. The van der Waals surface area contributed by atoms with Crippen molar-refractivity contribution < 1.29 is 14.0 Å². The van der Waals surface area contributed by atoms with E-state index in [9.17, 15) is 9.59 Å². The number of hydrogen-bond donors (Lipinski definition) is 2. The zero-order valence-electron chi connectivity index (χ0n) is 15.7. The molecule has 8 nitrogen and oxygen atoms in total. The molecule has 3 aromatic rings. The van der Waals surface area contributed by atoms with Crippen molar-refractivity contribution in [3.8, 4) is 0 Å². The van der Waals surface area contributed by atoms with Crippen molar-refractivity contribution in [1.29, 1.82) is 0 Å². The van der Waals surface area contributed by atoms with E-state index in [1.165, 1.54) is 0 Å². The van der Waals surface area contributed by atoms with Gasteiger partial charge in [0.2, 0.25) is 11.8 Å². The van der Waals surface area contributed by atoms with Gasteiger partial charge in [-0.15, -0.1) is 11.3 Å². The Hall–Kier alpha value is -2.65. The van der Waals surface area contributed by atoms with E-state index >= 15 is 0 Å². The number of imidazole rings is 1. The Kier molecular flexibility index (Phi) is 5.45. The molecule has 4 heterocycles. The predicted molar refractivity (Wildman–Crippen MR) is 105 cm³/mol. The van der Waals surface area contributed by atoms with Gasteiger partial charge in [0, 0.05) is 43.8 Å². The van der Waals surface area contributed by atoms with E-state index in [-0.39, 0.29) is 18.2 Å². The van der Waals surface area contributed by atoms with E-state index in [0.29, 0.717) is 32.6 Å². The minimum Gasteiger partial charge on any atom is -0.465 e. The maximum atomic E-state index is 12.4. The zero-order chi connectivity index (χ0) is 19.5. The summed E-state index contributed by atoms with van der Waals surface area (Å²) in [5.74, 6) is 1.39. The number of furan rings is 1. The number of aryl methyl sites for hydroxylation is 1. The highest BCUT2D eigenvalue weighted by Gasteiger charge is 2.32. The first-order valence-electron chi connectivity index (χ1n) is 9.33. The van der Waals surface area contributed by atoms with Gasteiger partial charge < -0.3 is 15.1 Å². The normalized spacial score (nSPS) is 17.8. The second-order valence-electron chi connectivity index (χ2n) is 6.92. The van der Waals surface area contributed by atoms with Gasteiger partial charge in [-0.05, 0) is 19.1 Å². The average Bonchev–Trinajstić information content (AvgIpc) is 3.34. The van der Waals surface area contributed by atoms with Crippen molar-refractivity contribution in [2.24, 2.45) is 0 Å². The quantitative estimate of drug-likeness (QED) is 0.624. The number of amides is 2. The average molecular weight is 401 g/mol. The van der Waals surface area contributed by atoms with Crippen LogP contribution < -0.4 is 10.6 Å². The number of piperazine rings is 1. The van der Waals surface area contributed by atoms with E-state index in [2.05, 4.69) is 15.6 Å². The molecule has 2 N–H and O–H groups in total. The second kappa shape index (κ2) is 8.15. The molecule has 148 valence electrons. The summed E-state index contributed by atoms with van der Waals surface area (Å²) in [5, 5.41) is 7.74. The van der Waals surface area contributed by atoms with Gasteiger partial charge in [-0.3, -0.25) is 18.9 Å². The molecule has 9 heteroatoms. The van der Waals surface area contributed by atoms with Crippen LogP contribution in [-0.4, -0.2) is 51.8 Å². The van der Waals surface area contributed by atoms with Crippen molar-refractivity contribution in [3.05, 3.63) is 47.1 Å². The summed E-state index contributed by atoms with van der Waals surface area (Å²) < 4.78 is 7.60. The first kappa shape index (κ1) is 18.7. The third-order valence-electron chi connectivity index (χ3n) is 4.82. The van der Waals surface area contributed by atoms with Crippen molar-refractivity contribution >= 4 is 28.1 Å². The molecule has 1 aliphatic heterocycles. The molecule has 0 radical (unpaired) electrons. The van der Waals surface area contributed by atoms with Crippen LogP contribution in [0.1, 0.15) is 23.6 Å². The SMILES string of the molecule is Cc1ccc(CN2CCNC(=O)C2CC(=O)NCCc2cn3ccsc3n2)o1. The summed E-state index contributed by atoms with van der Waals surface area (Å²) in [6.07, 6.45) is 4.72. The molecule has 28 heavy (non-hydrogen) atoms. The first-order chi connectivity index (χ1) is 13.6. The monoisotopic (exact) mass is 401 g/mol. The van der Waals surface area contributed by atoms with Crippen molar-refractivity contribution in [1.82, 2.24) is 24.9 Å². The molecule has 2 amide bonds. The van der Waals surface area contributed by atoms with Gasteiger partial charge in [-0.1, -0.05) is 0 Å². The molecule has 1 aliphatic rings. The molecular formula is C19H23N5O3S. The van der Waals surface area contributed by atoms with Crippen LogP contribution >= 0.6 is 11.3 Å². The Bertz CT molecular complexity index is 947. The fourth-order valence-corrected chi connectivity index (χ4v) is 4.14. The lowest BCUT2D eigenvalue weighted by molar-refractivity contribution is -0.134. The third kappa shape index (κ3) is 4.26. The van der Waals surface area contributed by atoms with Crippen LogP contribution in [-0.2, 0) is 22.6 Å². The Morgan fingerprint density at radius 1 is 1.46 bits per heavy atom. The molecule has 0 saturated carbocycles. The minimum atomic E-state index is -0.489. The molecule has 3 aromatic heterocycles. The molecule has 0 spiro atoms. The molecule has 0 aromatic carbocycles. The molecule has 1 fully saturated rings. The highest BCUT2D eigenvalue weighted by molar-refractivity contribution is 7.15. The van der Waals surface area contributed by atoms with Gasteiger partial charge in [-0.25, -0.2) is 4.98 Å². The fourth-order valence-electron chi connectivity index (χ4n) is 3.42. The minimum absolute atomic E-state index is 0.112. The number of nitrogens with one attached hydrogen (secondary N) is 2. The van der Waals surface area contributed by atoms with Crippen LogP contribution in [0.2, 0.25) is 0 Å². The number of carbonyl (C=O) groups excluding carboxylic acids is 2. The van der Waals surface area contributed by atoms with E-state index in [1.54, 1.807) is 11.3 Å². The number of rotatable bonds is 7. The van der Waals surface area contributed by atoms with Gasteiger partial charge >= 0.3 is 0 Å². The standard InChI is InChI=1S/C19H23N5O3S/c1-13-2-3-15(27-13)12-23-7-6-21-18(26)16(23)10-17(25)20-5-4-14-11-24-8-9-28-19(24)22-14/h2-3,8-9,11,16H,4-7,10,12H2,1H3,(H,20,25)(H,21,26). The Labute approximate surface area is 166 Å². The fraction of sp³-hybridized carbons (Fsp3) is 0.421. The summed E-state index contributed by atoms with van der Waals surface area (Å²) in [7, 11) is 0. The second-order valence-corrected chi connectivity index (χ2v) is 7.79. The molecule has 0 aliphatic carbocycles. The smallest absolute Gasteiger partial charge is 0.237 e. The highest BCUT2D eigenvalue weighted by Crippen LogP contribution is 2.16. The molecular weight excluding hydrogens is 378 g/mol. The topological polar surface area (TPSA) is 91.9 Å². The van der Waals surface area contributed by atoms with Crippen molar-refractivity contribution in [2.75, 3.05) is 19.6 Å². The van der Waals surface area contributed by atoms with Crippen LogP contribution in [0.4, 0.5) is 0 Å². The van der Waals surface area contributed by atoms with Crippen molar-refractivity contribution in [3.63, 3.8) is 0 Å². The third-order valence-corrected chi connectivity index (χ3v) is 5.59. The summed E-state index contributed by atoms with van der Waals surface area (Å²) in [6.45, 7) is 4.17. The molecule has 4 rings (SSSR count). The summed E-state index contributed by atoms with van der Waals surface area (Å²) in [6, 6.07) is 3.33. The zero-order valence-corrected chi connectivity index (χ0v) is 16.5. The van der Waals surface area contributed by atoms with Crippen LogP contribution in [0, 0.1) is 6.92 Å². The molecule has 1 atom stereocenters. The number of carbonyl (C=O) groups is 2. The van der Waals surface area contributed by atoms with Crippen molar-refractivity contribution in [2.45, 2.75) is 32.4 Å². The summed E-state index contributed by atoms with van der Waals surface area (Å²) >= 11 is 1.58. The number of fused-ring (bicyclic) bond motifs is 1. The predicted octanol–water partition coefficient (Wildman–Crippen LogP) is 1.35. The first-order valence-corrected chi connectivity index (χ1v) is 10.2. The lowest BCUT2D eigenvalue weighted by Gasteiger charge is -2.34. The maximum absolute atomic E-state index is 12.4. The van der Waals surface area contributed by atoms with Gasteiger partial charge in [-0.2, -0.15) is 0 Å². The highest BCUT2D eigenvalue weighted by atomic mass is 32.1. The number of nitrogens with zero attached hydrogens (tertiary/aromatic N) is 3. The van der Waals surface area contributed by atoms with Crippen LogP contribution in [0.25, 0.3) is 4.96 Å². The Morgan fingerprint density at radius 2 is 2.36 bits per heavy atom. The number of thiazole rings is 1. The van der Waals surface area contributed by atoms with E-state index in [0.717, 1.165) is 22.2 Å².